The van der Waals surface area contributed by atoms with Gasteiger partial charge in [-0.1, -0.05) is 35.7 Å². The number of carbonyl (C=O) groups is 1. The van der Waals surface area contributed by atoms with Crippen LogP contribution in [0.3, 0.4) is 0 Å². The fraction of sp³-hybridized carbons (Fsp3) is 0.588. The maximum Gasteiger partial charge on any atom is 0.233 e. The highest BCUT2D eigenvalue weighted by Gasteiger charge is 2.50. The summed E-state index contributed by atoms with van der Waals surface area (Å²) in [6, 6.07) is 5.68. The van der Waals surface area contributed by atoms with Crippen molar-refractivity contribution in [3.05, 3.63) is 33.8 Å². The summed E-state index contributed by atoms with van der Waals surface area (Å²) in [6.07, 6.45) is 2.95. The van der Waals surface area contributed by atoms with E-state index in [1.165, 1.54) is 0 Å². The summed E-state index contributed by atoms with van der Waals surface area (Å²) >= 11 is 12.2. The van der Waals surface area contributed by atoms with Crippen LogP contribution in [0.25, 0.3) is 0 Å². The van der Waals surface area contributed by atoms with Crippen LogP contribution in [0.4, 0.5) is 0 Å². The van der Waals surface area contributed by atoms with Gasteiger partial charge >= 0.3 is 0 Å². The van der Waals surface area contributed by atoms with E-state index in [4.69, 9.17) is 23.2 Å². The predicted molar refractivity (Wildman–Crippen MR) is 95.7 cm³/mol. The predicted octanol–water partition coefficient (Wildman–Crippen LogP) is 3.51. The van der Waals surface area contributed by atoms with Crippen LogP contribution in [0.2, 0.25) is 10.0 Å². The molecule has 3 fully saturated rings. The van der Waals surface area contributed by atoms with Crippen molar-refractivity contribution >= 4 is 41.5 Å². The second-order valence-corrected chi connectivity index (χ2v) is 7.77. The van der Waals surface area contributed by atoms with Crippen LogP contribution >= 0.6 is 35.6 Å². The summed E-state index contributed by atoms with van der Waals surface area (Å²) in [4.78, 5) is 15.3. The zero-order valence-corrected chi connectivity index (χ0v) is 15.2. The van der Waals surface area contributed by atoms with E-state index in [1.807, 2.05) is 18.2 Å². The minimum atomic E-state index is -0.361. The fourth-order valence-corrected chi connectivity index (χ4v) is 4.57. The third kappa shape index (κ3) is 2.76. The molecule has 1 saturated carbocycles. The van der Waals surface area contributed by atoms with E-state index in [0.717, 1.165) is 51.0 Å². The zero-order chi connectivity index (χ0) is 15.3. The van der Waals surface area contributed by atoms with Crippen molar-refractivity contribution in [3.8, 4) is 0 Å². The average Bonchev–Trinajstić information content (AvgIpc) is 3.02. The highest BCUT2D eigenvalue weighted by Crippen LogP contribution is 2.47. The van der Waals surface area contributed by atoms with Gasteiger partial charge in [-0.3, -0.25) is 4.79 Å². The van der Waals surface area contributed by atoms with Crippen molar-refractivity contribution in [3.63, 3.8) is 0 Å². The van der Waals surface area contributed by atoms with Crippen molar-refractivity contribution in [2.24, 2.45) is 11.8 Å². The van der Waals surface area contributed by atoms with Crippen LogP contribution in [0.15, 0.2) is 18.2 Å². The first-order valence-electron chi connectivity index (χ1n) is 8.06. The minimum absolute atomic E-state index is 0. The molecule has 4 rings (SSSR count). The van der Waals surface area contributed by atoms with Crippen LogP contribution in [-0.4, -0.2) is 37.0 Å². The number of rotatable bonds is 2. The summed E-state index contributed by atoms with van der Waals surface area (Å²) in [5.41, 5.74) is 0.675. The van der Waals surface area contributed by atoms with Crippen LogP contribution in [0, 0.1) is 11.8 Å². The molecule has 2 saturated heterocycles. The Morgan fingerprint density at radius 1 is 1.13 bits per heavy atom. The highest BCUT2D eigenvalue weighted by molar-refractivity contribution is 6.42. The van der Waals surface area contributed by atoms with Crippen molar-refractivity contribution in [2.45, 2.75) is 24.7 Å². The quantitative estimate of drug-likeness (QED) is 0.858. The number of nitrogens with one attached hydrogen (secondary N) is 1. The van der Waals surface area contributed by atoms with Gasteiger partial charge in [0.05, 0.1) is 15.5 Å². The molecule has 3 nitrogen and oxygen atoms in total. The van der Waals surface area contributed by atoms with Crippen LogP contribution in [0.5, 0.6) is 0 Å². The molecule has 126 valence electrons. The number of likely N-dealkylation sites (tertiary alicyclic amines) is 1. The Bertz CT molecular complexity index is 606. The van der Waals surface area contributed by atoms with Gasteiger partial charge in [-0.05, 0) is 42.4 Å². The number of amides is 1. The molecule has 1 aromatic rings. The van der Waals surface area contributed by atoms with E-state index >= 15 is 0 Å². The van der Waals surface area contributed by atoms with E-state index in [9.17, 15) is 4.79 Å². The van der Waals surface area contributed by atoms with Gasteiger partial charge in [-0.2, -0.15) is 0 Å². The van der Waals surface area contributed by atoms with Gasteiger partial charge < -0.3 is 10.2 Å². The molecule has 3 aliphatic rings. The second kappa shape index (κ2) is 6.44. The first kappa shape index (κ1) is 17.3. The smallest absolute Gasteiger partial charge is 0.233 e. The molecule has 0 bridgehead atoms. The Labute approximate surface area is 153 Å². The van der Waals surface area contributed by atoms with Crippen molar-refractivity contribution in [2.75, 3.05) is 26.2 Å². The first-order valence-corrected chi connectivity index (χ1v) is 8.81. The summed E-state index contributed by atoms with van der Waals surface area (Å²) < 4.78 is 0. The topological polar surface area (TPSA) is 32.3 Å². The van der Waals surface area contributed by atoms with E-state index in [-0.39, 0.29) is 17.8 Å². The molecule has 1 aliphatic carbocycles. The molecule has 0 spiro atoms. The maximum absolute atomic E-state index is 13.2. The fourth-order valence-electron chi connectivity index (χ4n) is 4.27. The SMILES string of the molecule is Cl.O=C(N1C[C@H]2CNC[C@H]2C1)C1(c2ccc(Cl)c(Cl)c2)CCC1. The Kier molecular flexibility index (Phi) is 4.85. The number of carbonyl (C=O) groups excluding carboxylic acids is 1. The van der Waals surface area contributed by atoms with Gasteiger partial charge in [-0.25, -0.2) is 0 Å². The largest absolute Gasteiger partial charge is 0.341 e. The number of nitrogens with zero attached hydrogens (tertiary/aromatic N) is 1. The molecule has 0 radical (unpaired) electrons. The first-order chi connectivity index (χ1) is 10.6. The molecule has 1 N–H and O–H groups in total. The number of halogens is 3. The third-order valence-corrected chi connectivity index (χ3v) is 6.50. The number of hydrogen-bond donors (Lipinski definition) is 1. The summed E-state index contributed by atoms with van der Waals surface area (Å²) in [6.45, 7) is 3.90. The molecular weight excluding hydrogens is 355 g/mol. The maximum atomic E-state index is 13.2. The normalized spacial score (nSPS) is 28.0. The minimum Gasteiger partial charge on any atom is -0.341 e. The van der Waals surface area contributed by atoms with Crippen LogP contribution < -0.4 is 5.32 Å². The molecule has 6 heteroatoms. The lowest BCUT2D eigenvalue weighted by Gasteiger charge is -2.43. The van der Waals surface area contributed by atoms with E-state index in [1.54, 1.807) is 0 Å². The zero-order valence-electron chi connectivity index (χ0n) is 12.9. The number of hydrogen-bond acceptors (Lipinski definition) is 2. The van der Waals surface area contributed by atoms with E-state index in [0.29, 0.717) is 27.8 Å². The molecular formula is C17H21Cl3N2O. The average molecular weight is 376 g/mol. The van der Waals surface area contributed by atoms with E-state index < -0.39 is 0 Å². The Morgan fingerprint density at radius 3 is 2.30 bits per heavy atom. The summed E-state index contributed by atoms with van der Waals surface area (Å²) in [5, 5.41) is 4.52. The lowest BCUT2D eigenvalue weighted by Crippen LogP contribution is -2.51. The van der Waals surface area contributed by atoms with E-state index in [2.05, 4.69) is 10.2 Å². The second-order valence-electron chi connectivity index (χ2n) is 6.95. The van der Waals surface area contributed by atoms with Gasteiger partial charge in [0.25, 0.3) is 0 Å². The van der Waals surface area contributed by atoms with Crippen molar-refractivity contribution in [1.29, 1.82) is 0 Å². The Balaban J connectivity index is 0.00000156. The Morgan fingerprint density at radius 2 is 1.78 bits per heavy atom. The lowest BCUT2D eigenvalue weighted by molar-refractivity contribution is -0.140. The van der Waals surface area contributed by atoms with Crippen LogP contribution in [-0.2, 0) is 10.2 Å². The monoisotopic (exact) mass is 374 g/mol. The molecule has 2 aliphatic heterocycles. The molecule has 0 unspecified atom stereocenters. The van der Waals surface area contributed by atoms with Gasteiger partial charge in [0, 0.05) is 26.2 Å². The molecule has 0 aromatic heterocycles. The standard InChI is InChI=1S/C17H20Cl2N2O.ClH/c18-14-3-2-13(6-15(14)19)17(4-1-5-17)16(22)21-9-11-7-20-8-12(11)10-21;/h2-3,6,11-12,20H,1,4-5,7-10H2;1H/t11-,12+;. The van der Waals surface area contributed by atoms with Gasteiger partial charge in [-0.15, -0.1) is 12.4 Å². The molecule has 1 amide bonds. The number of benzene rings is 1. The van der Waals surface area contributed by atoms with Crippen molar-refractivity contribution in [1.82, 2.24) is 10.2 Å². The Hall–Kier alpha value is -0.480. The van der Waals surface area contributed by atoms with Gasteiger partial charge in [0.2, 0.25) is 5.91 Å². The summed E-state index contributed by atoms with van der Waals surface area (Å²) in [5.74, 6) is 1.57. The van der Waals surface area contributed by atoms with Gasteiger partial charge in [0.1, 0.15) is 0 Å². The molecule has 1 aromatic carbocycles. The third-order valence-electron chi connectivity index (χ3n) is 5.77. The number of fused-ring (bicyclic) bond motifs is 1. The summed E-state index contributed by atoms with van der Waals surface area (Å²) in [7, 11) is 0. The molecule has 2 atom stereocenters. The molecule has 2 heterocycles. The highest BCUT2D eigenvalue weighted by atomic mass is 35.5. The molecule has 23 heavy (non-hydrogen) atoms. The lowest BCUT2D eigenvalue weighted by atomic mass is 9.63. The van der Waals surface area contributed by atoms with Gasteiger partial charge in [0.15, 0.2) is 0 Å². The van der Waals surface area contributed by atoms with Crippen LogP contribution in [0.1, 0.15) is 24.8 Å². The van der Waals surface area contributed by atoms with Crippen molar-refractivity contribution < 1.29 is 4.79 Å².